The monoisotopic (exact) mass is 352 g/mol. The first kappa shape index (κ1) is 16.6. The minimum Gasteiger partial charge on any atom is -0.497 e. The Morgan fingerprint density at radius 2 is 2.04 bits per heavy atom. The third kappa shape index (κ3) is 2.38. The van der Waals surface area contributed by atoms with Crippen molar-refractivity contribution in [3.05, 3.63) is 65.3 Å². The first-order chi connectivity index (χ1) is 12.6. The van der Waals surface area contributed by atoms with Gasteiger partial charge in [-0.1, -0.05) is 30.4 Å². The van der Waals surface area contributed by atoms with Crippen molar-refractivity contribution in [2.24, 2.45) is 5.92 Å². The number of fused-ring (bicyclic) bond motifs is 1. The van der Waals surface area contributed by atoms with Crippen molar-refractivity contribution in [3.8, 4) is 5.75 Å². The van der Waals surface area contributed by atoms with Crippen LogP contribution >= 0.6 is 0 Å². The molecule has 134 valence electrons. The molecule has 0 amide bonds. The minimum atomic E-state index is -0.961. The Kier molecular flexibility index (Phi) is 3.94. The van der Waals surface area contributed by atoms with E-state index in [2.05, 4.69) is 0 Å². The molecule has 0 unspecified atom stereocenters. The molecule has 0 radical (unpaired) electrons. The van der Waals surface area contributed by atoms with Gasteiger partial charge in [0.1, 0.15) is 5.75 Å². The second-order valence-electron chi connectivity index (χ2n) is 6.64. The van der Waals surface area contributed by atoms with Crippen molar-refractivity contribution in [3.63, 3.8) is 0 Å². The van der Waals surface area contributed by atoms with Gasteiger partial charge in [0, 0.05) is 11.5 Å². The number of carbonyl (C=O) groups is 2. The van der Waals surface area contributed by atoms with Crippen LogP contribution in [0.3, 0.4) is 0 Å². The molecule has 0 aromatic heterocycles. The second-order valence-corrected chi connectivity index (χ2v) is 6.64. The zero-order chi connectivity index (χ0) is 18.3. The summed E-state index contributed by atoms with van der Waals surface area (Å²) in [6, 6.07) is 7.77. The van der Waals surface area contributed by atoms with Crippen molar-refractivity contribution < 1.29 is 23.8 Å². The fourth-order valence-electron chi connectivity index (χ4n) is 4.05. The number of allylic oxidation sites excluding steroid dienone is 2. The Balaban J connectivity index is 1.84. The van der Waals surface area contributed by atoms with Crippen LogP contribution in [0.25, 0.3) is 0 Å². The molecule has 0 fully saturated rings. The maximum atomic E-state index is 12.6. The Labute approximate surface area is 151 Å². The molecule has 5 nitrogen and oxygen atoms in total. The summed E-state index contributed by atoms with van der Waals surface area (Å²) in [5.74, 6) is -0.324. The quantitative estimate of drug-likeness (QED) is 0.473. The highest BCUT2D eigenvalue weighted by Gasteiger charge is 2.55. The summed E-state index contributed by atoms with van der Waals surface area (Å²) < 4.78 is 16.2. The predicted octanol–water partition coefficient (Wildman–Crippen LogP) is 3.08. The van der Waals surface area contributed by atoms with Crippen molar-refractivity contribution in [1.29, 1.82) is 0 Å². The molecule has 4 aliphatic rings. The summed E-state index contributed by atoms with van der Waals surface area (Å²) in [6.07, 6.45) is 8.65. The molecule has 0 saturated heterocycles. The minimum absolute atomic E-state index is 0.00816. The summed E-state index contributed by atoms with van der Waals surface area (Å²) in [5.41, 5.74) is 0.683. The van der Waals surface area contributed by atoms with Crippen LogP contribution in [0.5, 0.6) is 5.75 Å². The first-order valence-electron chi connectivity index (χ1n) is 8.75. The average Bonchev–Trinajstić information content (AvgIpc) is 2.76. The van der Waals surface area contributed by atoms with E-state index in [0.29, 0.717) is 5.57 Å². The zero-order valence-electron chi connectivity index (χ0n) is 14.7. The van der Waals surface area contributed by atoms with Gasteiger partial charge < -0.3 is 14.2 Å². The Morgan fingerprint density at radius 3 is 2.73 bits per heavy atom. The van der Waals surface area contributed by atoms with E-state index in [9.17, 15) is 9.59 Å². The lowest BCUT2D eigenvalue weighted by Gasteiger charge is -2.38. The highest BCUT2D eigenvalue weighted by atomic mass is 16.6. The third-order valence-electron chi connectivity index (χ3n) is 5.28. The van der Waals surface area contributed by atoms with Gasteiger partial charge in [-0.2, -0.15) is 0 Å². The van der Waals surface area contributed by atoms with Crippen LogP contribution in [-0.4, -0.2) is 31.3 Å². The van der Waals surface area contributed by atoms with Crippen LogP contribution < -0.4 is 4.74 Å². The van der Waals surface area contributed by atoms with Crippen molar-refractivity contribution in [1.82, 2.24) is 0 Å². The largest absolute Gasteiger partial charge is 0.497 e. The van der Waals surface area contributed by atoms with E-state index in [1.54, 1.807) is 14.0 Å². The van der Waals surface area contributed by atoms with Crippen LogP contribution in [0.15, 0.2) is 59.7 Å². The summed E-state index contributed by atoms with van der Waals surface area (Å²) in [4.78, 5) is 24.9. The Bertz CT molecular complexity index is 846. The van der Waals surface area contributed by atoms with Gasteiger partial charge in [-0.3, -0.25) is 0 Å². The number of esters is 2. The topological polar surface area (TPSA) is 61.8 Å². The van der Waals surface area contributed by atoms with Gasteiger partial charge in [-0.15, -0.1) is 0 Å². The fraction of sp³-hybridized carbons (Fsp3) is 0.333. The van der Waals surface area contributed by atoms with Crippen LogP contribution in [0.2, 0.25) is 0 Å². The number of benzene rings is 1. The highest BCUT2D eigenvalue weighted by Crippen LogP contribution is 2.53. The number of hydrogen-bond acceptors (Lipinski definition) is 5. The van der Waals surface area contributed by atoms with E-state index in [4.69, 9.17) is 14.2 Å². The van der Waals surface area contributed by atoms with Gasteiger partial charge in [0.05, 0.1) is 13.7 Å². The van der Waals surface area contributed by atoms with Gasteiger partial charge in [0.15, 0.2) is 11.2 Å². The van der Waals surface area contributed by atoms with Gasteiger partial charge in [0.25, 0.3) is 0 Å². The number of rotatable bonds is 4. The average molecular weight is 352 g/mol. The summed E-state index contributed by atoms with van der Waals surface area (Å²) in [6.45, 7) is 1.92. The third-order valence-corrected chi connectivity index (χ3v) is 5.28. The molecule has 1 spiro atoms. The van der Waals surface area contributed by atoms with Crippen LogP contribution in [0.4, 0.5) is 0 Å². The predicted molar refractivity (Wildman–Crippen MR) is 94.6 cm³/mol. The zero-order valence-corrected chi connectivity index (χ0v) is 14.7. The van der Waals surface area contributed by atoms with Gasteiger partial charge in [-0.25, -0.2) is 9.59 Å². The molecule has 5 heteroatoms. The van der Waals surface area contributed by atoms with E-state index in [-0.39, 0.29) is 24.0 Å². The Hall–Kier alpha value is -2.82. The van der Waals surface area contributed by atoms with E-state index in [1.165, 1.54) is 0 Å². The lowest BCUT2D eigenvalue weighted by atomic mass is 9.71. The van der Waals surface area contributed by atoms with Gasteiger partial charge in [-0.05, 0) is 43.0 Å². The van der Waals surface area contributed by atoms with E-state index >= 15 is 0 Å². The molecule has 3 atom stereocenters. The lowest BCUT2D eigenvalue weighted by molar-refractivity contribution is -0.149. The first-order valence-corrected chi connectivity index (χ1v) is 8.75. The van der Waals surface area contributed by atoms with Gasteiger partial charge in [0.2, 0.25) is 0 Å². The number of methoxy groups -OCH3 is 1. The van der Waals surface area contributed by atoms with E-state index < -0.39 is 17.5 Å². The number of hydrogen-bond donors (Lipinski definition) is 0. The fourth-order valence-corrected chi connectivity index (χ4v) is 4.05. The van der Waals surface area contributed by atoms with E-state index in [0.717, 1.165) is 17.7 Å². The molecule has 1 heterocycles. The summed E-state index contributed by atoms with van der Waals surface area (Å²) >= 11 is 0. The summed E-state index contributed by atoms with van der Waals surface area (Å²) in [7, 11) is 1.62. The molecular formula is C21H20O5. The molecule has 3 aliphatic carbocycles. The second kappa shape index (κ2) is 6.16. The van der Waals surface area contributed by atoms with Crippen LogP contribution in [0.1, 0.15) is 24.8 Å². The molecule has 5 rings (SSSR count). The highest BCUT2D eigenvalue weighted by molar-refractivity contribution is 6.17. The number of carbonyl (C=O) groups excluding carboxylic acids is 2. The lowest BCUT2D eigenvalue weighted by Crippen LogP contribution is -2.39. The molecule has 0 saturated carbocycles. The summed E-state index contributed by atoms with van der Waals surface area (Å²) in [5, 5.41) is 0. The molecule has 0 N–H and O–H groups in total. The van der Waals surface area contributed by atoms with Crippen LogP contribution in [0, 0.1) is 5.92 Å². The van der Waals surface area contributed by atoms with Crippen LogP contribution in [-0.2, 0) is 19.1 Å². The molecule has 26 heavy (non-hydrogen) atoms. The molecule has 1 aromatic rings. The van der Waals surface area contributed by atoms with Crippen molar-refractivity contribution >= 4 is 11.9 Å². The SMILES string of the molecule is CCOC(=O)C1=C2C=C[C@H]3C=C[C@]2(OC1=O)[C@@H](c1ccc(OC)cc1)C3. The van der Waals surface area contributed by atoms with Gasteiger partial charge >= 0.3 is 11.9 Å². The smallest absolute Gasteiger partial charge is 0.347 e. The van der Waals surface area contributed by atoms with Crippen molar-refractivity contribution in [2.75, 3.05) is 13.7 Å². The Morgan fingerprint density at radius 1 is 1.27 bits per heavy atom. The normalized spacial score (nSPS) is 28.6. The van der Waals surface area contributed by atoms with E-state index in [1.807, 2.05) is 48.6 Å². The molecule has 1 aliphatic heterocycles. The maximum Gasteiger partial charge on any atom is 0.347 e. The molecule has 2 bridgehead atoms. The standard InChI is InChI=1S/C21H20O5/c1-3-25-19(22)18-16-9-4-13-10-11-21(16,26-20(18)23)17(12-13)14-5-7-15(24-2)8-6-14/h4-11,13,17H,3,12H2,1-2H3/t13-,17+,21+/m0/s1. The van der Waals surface area contributed by atoms with Crippen molar-refractivity contribution in [2.45, 2.75) is 24.9 Å². The maximum absolute atomic E-state index is 12.6. The number of ether oxygens (including phenoxy) is 3. The molecular weight excluding hydrogens is 332 g/mol. The molecule has 1 aromatic carbocycles.